The number of likely N-dealkylation sites (tertiary alicyclic amines) is 1. The van der Waals surface area contributed by atoms with Crippen molar-refractivity contribution >= 4 is 5.97 Å². The van der Waals surface area contributed by atoms with Crippen LogP contribution in [-0.4, -0.2) is 37.1 Å². The van der Waals surface area contributed by atoms with Crippen molar-refractivity contribution in [1.82, 2.24) is 4.90 Å². The number of methoxy groups -OCH3 is 1. The molecule has 1 atom stereocenters. The smallest absolute Gasteiger partial charge is 0.323 e. The summed E-state index contributed by atoms with van der Waals surface area (Å²) in [5.41, 5.74) is 0. The number of rotatable bonds is 6. The van der Waals surface area contributed by atoms with Gasteiger partial charge in [-0.3, -0.25) is 9.69 Å². The third-order valence-electron chi connectivity index (χ3n) is 3.39. The Labute approximate surface area is 99.1 Å². The standard InChI is InChI=1S/C13H25NO2/c1-3-4-5-7-10-14-11-8-6-9-12(14)13(15)16-2/h12H,3-11H2,1-2H3. The van der Waals surface area contributed by atoms with E-state index in [9.17, 15) is 4.79 Å². The summed E-state index contributed by atoms with van der Waals surface area (Å²) < 4.78 is 4.87. The topological polar surface area (TPSA) is 29.5 Å². The quantitative estimate of drug-likeness (QED) is 0.516. The third kappa shape index (κ3) is 4.12. The van der Waals surface area contributed by atoms with E-state index in [1.807, 2.05) is 0 Å². The Hall–Kier alpha value is -0.570. The predicted octanol–water partition coefficient (Wildman–Crippen LogP) is 2.59. The fourth-order valence-corrected chi connectivity index (χ4v) is 2.40. The highest BCUT2D eigenvalue weighted by molar-refractivity contribution is 5.75. The van der Waals surface area contributed by atoms with Gasteiger partial charge in [0.2, 0.25) is 0 Å². The molecule has 1 heterocycles. The Bertz CT molecular complexity index is 206. The summed E-state index contributed by atoms with van der Waals surface area (Å²) in [6.45, 7) is 4.34. The highest BCUT2D eigenvalue weighted by atomic mass is 16.5. The van der Waals surface area contributed by atoms with E-state index in [4.69, 9.17) is 4.74 Å². The molecule has 94 valence electrons. The van der Waals surface area contributed by atoms with E-state index in [1.54, 1.807) is 0 Å². The number of hydrogen-bond acceptors (Lipinski definition) is 3. The summed E-state index contributed by atoms with van der Waals surface area (Å²) in [5.74, 6) is -0.0461. The van der Waals surface area contributed by atoms with Crippen LogP contribution in [0.25, 0.3) is 0 Å². The highest BCUT2D eigenvalue weighted by Crippen LogP contribution is 2.18. The molecule has 1 aliphatic heterocycles. The fourth-order valence-electron chi connectivity index (χ4n) is 2.40. The molecular weight excluding hydrogens is 202 g/mol. The largest absolute Gasteiger partial charge is 0.468 e. The molecule has 0 bridgehead atoms. The summed E-state index contributed by atoms with van der Waals surface area (Å²) in [4.78, 5) is 13.9. The van der Waals surface area contributed by atoms with E-state index in [1.165, 1.54) is 39.2 Å². The normalized spacial score (nSPS) is 22.0. The average Bonchev–Trinajstić information content (AvgIpc) is 2.34. The van der Waals surface area contributed by atoms with Crippen LogP contribution in [0, 0.1) is 0 Å². The van der Waals surface area contributed by atoms with Gasteiger partial charge in [-0.15, -0.1) is 0 Å². The molecule has 3 heteroatoms. The summed E-state index contributed by atoms with van der Waals surface area (Å²) in [6, 6.07) is 0.0281. The zero-order chi connectivity index (χ0) is 11.8. The molecule has 1 saturated heterocycles. The Kier molecular flexibility index (Phi) is 6.46. The minimum absolute atomic E-state index is 0.0281. The maximum atomic E-state index is 11.6. The van der Waals surface area contributed by atoms with E-state index in [0.29, 0.717) is 0 Å². The lowest BCUT2D eigenvalue weighted by molar-refractivity contribution is -0.148. The number of carbonyl (C=O) groups excluding carboxylic acids is 1. The molecule has 0 radical (unpaired) electrons. The van der Waals surface area contributed by atoms with Crippen molar-refractivity contribution in [3.63, 3.8) is 0 Å². The van der Waals surface area contributed by atoms with E-state index < -0.39 is 0 Å². The average molecular weight is 227 g/mol. The van der Waals surface area contributed by atoms with Gasteiger partial charge in [0.05, 0.1) is 7.11 Å². The van der Waals surface area contributed by atoms with Crippen LogP contribution < -0.4 is 0 Å². The van der Waals surface area contributed by atoms with Crippen LogP contribution in [0.2, 0.25) is 0 Å². The maximum Gasteiger partial charge on any atom is 0.323 e. The summed E-state index contributed by atoms with van der Waals surface area (Å²) >= 11 is 0. The van der Waals surface area contributed by atoms with E-state index >= 15 is 0 Å². The maximum absolute atomic E-state index is 11.6. The number of unbranched alkanes of at least 4 members (excludes halogenated alkanes) is 3. The SMILES string of the molecule is CCCCCCN1CCCCC1C(=O)OC. The second-order valence-electron chi connectivity index (χ2n) is 4.63. The Balaban J connectivity index is 2.32. The van der Waals surface area contributed by atoms with Gasteiger partial charge in [0.1, 0.15) is 6.04 Å². The molecule has 16 heavy (non-hydrogen) atoms. The van der Waals surface area contributed by atoms with Crippen molar-refractivity contribution in [1.29, 1.82) is 0 Å². The van der Waals surface area contributed by atoms with Crippen LogP contribution in [-0.2, 0) is 9.53 Å². The molecule has 0 aromatic rings. The van der Waals surface area contributed by atoms with Gasteiger partial charge in [0.25, 0.3) is 0 Å². The van der Waals surface area contributed by atoms with Gasteiger partial charge in [-0.25, -0.2) is 0 Å². The van der Waals surface area contributed by atoms with Crippen LogP contribution in [0.15, 0.2) is 0 Å². The lowest BCUT2D eigenvalue weighted by Gasteiger charge is -2.33. The van der Waals surface area contributed by atoms with Gasteiger partial charge in [-0.2, -0.15) is 0 Å². The van der Waals surface area contributed by atoms with Gasteiger partial charge in [-0.05, 0) is 32.4 Å². The second kappa shape index (κ2) is 7.66. The minimum atomic E-state index is -0.0461. The molecule has 1 unspecified atom stereocenters. The molecule has 0 saturated carbocycles. The molecule has 1 rings (SSSR count). The van der Waals surface area contributed by atoms with Crippen molar-refractivity contribution in [2.45, 2.75) is 57.9 Å². The zero-order valence-corrected chi connectivity index (χ0v) is 10.7. The zero-order valence-electron chi connectivity index (χ0n) is 10.7. The molecule has 0 amide bonds. The van der Waals surface area contributed by atoms with Crippen molar-refractivity contribution in [2.75, 3.05) is 20.2 Å². The van der Waals surface area contributed by atoms with E-state index in [-0.39, 0.29) is 12.0 Å². The second-order valence-corrected chi connectivity index (χ2v) is 4.63. The molecule has 1 aliphatic rings. The number of nitrogens with zero attached hydrogens (tertiary/aromatic N) is 1. The van der Waals surface area contributed by atoms with Crippen LogP contribution in [0.3, 0.4) is 0 Å². The number of ether oxygens (including phenoxy) is 1. The van der Waals surface area contributed by atoms with Gasteiger partial charge >= 0.3 is 5.97 Å². The number of piperidine rings is 1. The Morgan fingerprint density at radius 2 is 2.12 bits per heavy atom. The molecule has 0 aromatic heterocycles. The molecule has 0 aromatic carbocycles. The van der Waals surface area contributed by atoms with E-state index in [0.717, 1.165) is 25.9 Å². The van der Waals surface area contributed by atoms with Crippen molar-refractivity contribution in [3.8, 4) is 0 Å². The summed E-state index contributed by atoms with van der Waals surface area (Å²) in [5, 5.41) is 0. The van der Waals surface area contributed by atoms with Crippen LogP contribution in [0.5, 0.6) is 0 Å². The van der Waals surface area contributed by atoms with Crippen LogP contribution in [0.4, 0.5) is 0 Å². The van der Waals surface area contributed by atoms with Crippen molar-refractivity contribution in [3.05, 3.63) is 0 Å². The molecule has 1 fully saturated rings. The highest BCUT2D eigenvalue weighted by Gasteiger charge is 2.28. The lowest BCUT2D eigenvalue weighted by atomic mass is 10.0. The van der Waals surface area contributed by atoms with Gasteiger partial charge in [-0.1, -0.05) is 32.6 Å². The van der Waals surface area contributed by atoms with Gasteiger partial charge < -0.3 is 4.74 Å². The monoisotopic (exact) mass is 227 g/mol. The lowest BCUT2D eigenvalue weighted by Crippen LogP contribution is -2.45. The Morgan fingerprint density at radius 3 is 2.81 bits per heavy atom. The van der Waals surface area contributed by atoms with Gasteiger partial charge in [0.15, 0.2) is 0 Å². The van der Waals surface area contributed by atoms with Crippen molar-refractivity contribution in [2.24, 2.45) is 0 Å². The summed E-state index contributed by atoms with van der Waals surface area (Å²) in [7, 11) is 1.49. The first-order chi connectivity index (χ1) is 7.79. The molecule has 3 nitrogen and oxygen atoms in total. The Morgan fingerprint density at radius 1 is 1.31 bits per heavy atom. The van der Waals surface area contributed by atoms with Crippen LogP contribution in [0.1, 0.15) is 51.9 Å². The molecule has 0 N–H and O–H groups in total. The van der Waals surface area contributed by atoms with E-state index in [2.05, 4.69) is 11.8 Å². The number of esters is 1. The third-order valence-corrected chi connectivity index (χ3v) is 3.39. The predicted molar refractivity (Wildman–Crippen MR) is 65.4 cm³/mol. The number of carbonyl (C=O) groups is 1. The first kappa shape index (κ1) is 13.5. The number of hydrogen-bond donors (Lipinski definition) is 0. The first-order valence-electron chi connectivity index (χ1n) is 6.61. The molecule has 0 aliphatic carbocycles. The minimum Gasteiger partial charge on any atom is -0.468 e. The van der Waals surface area contributed by atoms with Crippen LogP contribution >= 0.6 is 0 Å². The first-order valence-corrected chi connectivity index (χ1v) is 6.61. The van der Waals surface area contributed by atoms with Crippen molar-refractivity contribution < 1.29 is 9.53 Å². The summed E-state index contributed by atoms with van der Waals surface area (Å²) in [6.07, 6.45) is 8.41. The molecule has 0 spiro atoms. The van der Waals surface area contributed by atoms with Gasteiger partial charge in [0, 0.05) is 0 Å². The molecular formula is C13H25NO2. The fraction of sp³-hybridized carbons (Fsp3) is 0.923.